The summed E-state index contributed by atoms with van der Waals surface area (Å²) in [6.45, 7) is 9.09. The van der Waals surface area contributed by atoms with Gasteiger partial charge < -0.3 is 9.73 Å². The van der Waals surface area contributed by atoms with Crippen LogP contribution in [0.15, 0.2) is 9.31 Å². The van der Waals surface area contributed by atoms with Crippen LogP contribution in [0.1, 0.15) is 50.2 Å². The second-order valence-corrected chi connectivity index (χ2v) is 7.48. The van der Waals surface area contributed by atoms with Crippen LogP contribution in [0.4, 0.5) is 0 Å². The van der Waals surface area contributed by atoms with Gasteiger partial charge in [-0.3, -0.25) is 0 Å². The highest BCUT2D eigenvalue weighted by Crippen LogP contribution is 2.35. The molecule has 1 fully saturated rings. The fourth-order valence-electron chi connectivity index (χ4n) is 2.76. The Labute approximate surface area is 127 Å². The average molecular weight is 314 g/mol. The third kappa shape index (κ3) is 3.67. The molecule has 0 spiro atoms. The summed E-state index contributed by atoms with van der Waals surface area (Å²) in [5, 5.41) is 3.25. The standard InChI is InChI=1S/C15H26N2O3S/c1-5-7-16-9-13-10(3)20-11(4)15(13)21(18,19)17-14-8-12(14)6-2/h12,14,16-17H,5-9H2,1-4H3. The Morgan fingerprint density at radius 2 is 1.95 bits per heavy atom. The molecule has 0 aromatic carbocycles. The Kier molecular flexibility index (Phi) is 5.11. The van der Waals surface area contributed by atoms with E-state index < -0.39 is 10.0 Å². The van der Waals surface area contributed by atoms with Gasteiger partial charge in [-0.25, -0.2) is 13.1 Å². The van der Waals surface area contributed by atoms with E-state index in [0.717, 1.165) is 31.4 Å². The summed E-state index contributed by atoms with van der Waals surface area (Å²) in [5.41, 5.74) is 0.752. The Hall–Kier alpha value is -0.850. The molecule has 120 valence electrons. The number of nitrogens with one attached hydrogen (secondary N) is 2. The van der Waals surface area contributed by atoms with Gasteiger partial charge in [0.25, 0.3) is 0 Å². The molecule has 21 heavy (non-hydrogen) atoms. The van der Waals surface area contributed by atoms with E-state index in [1.807, 2.05) is 6.92 Å². The first-order chi connectivity index (χ1) is 9.90. The van der Waals surface area contributed by atoms with Crippen molar-refractivity contribution in [2.24, 2.45) is 5.92 Å². The molecule has 0 amide bonds. The fraction of sp³-hybridized carbons (Fsp3) is 0.733. The van der Waals surface area contributed by atoms with Crippen LogP contribution in [-0.4, -0.2) is 21.0 Å². The molecule has 5 nitrogen and oxygen atoms in total. The molecule has 1 saturated carbocycles. The maximum absolute atomic E-state index is 12.6. The van der Waals surface area contributed by atoms with Crippen LogP contribution in [0.25, 0.3) is 0 Å². The van der Waals surface area contributed by atoms with E-state index in [1.165, 1.54) is 0 Å². The van der Waals surface area contributed by atoms with Crippen molar-refractivity contribution < 1.29 is 12.8 Å². The molecule has 0 saturated heterocycles. The fourth-order valence-corrected chi connectivity index (χ4v) is 4.52. The van der Waals surface area contributed by atoms with Gasteiger partial charge in [-0.15, -0.1) is 0 Å². The molecule has 0 radical (unpaired) electrons. The normalized spacial score (nSPS) is 21.7. The lowest BCUT2D eigenvalue weighted by Crippen LogP contribution is -2.29. The van der Waals surface area contributed by atoms with E-state index in [-0.39, 0.29) is 6.04 Å². The minimum Gasteiger partial charge on any atom is -0.465 e. The monoisotopic (exact) mass is 314 g/mol. The zero-order chi connectivity index (χ0) is 15.6. The molecule has 6 heteroatoms. The van der Waals surface area contributed by atoms with E-state index >= 15 is 0 Å². The predicted molar refractivity (Wildman–Crippen MR) is 82.7 cm³/mol. The summed E-state index contributed by atoms with van der Waals surface area (Å²) in [4.78, 5) is 0.324. The number of hydrogen-bond donors (Lipinski definition) is 2. The van der Waals surface area contributed by atoms with Gasteiger partial charge in [-0.05, 0) is 39.2 Å². The molecule has 1 heterocycles. The highest BCUT2D eigenvalue weighted by Gasteiger charge is 2.40. The molecule has 2 unspecified atom stereocenters. The van der Waals surface area contributed by atoms with Gasteiger partial charge in [0.15, 0.2) is 0 Å². The summed E-state index contributed by atoms with van der Waals surface area (Å²) in [7, 11) is -3.50. The predicted octanol–water partition coefficient (Wildman–Crippen LogP) is 2.47. The smallest absolute Gasteiger partial charge is 0.244 e. The van der Waals surface area contributed by atoms with Crippen molar-refractivity contribution in [3.8, 4) is 0 Å². The van der Waals surface area contributed by atoms with E-state index in [2.05, 4.69) is 23.9 Å². The van der Waals surface area contributed by atoms with Crippen molar-refractivity contribution in [2.75, 3.05) is 6.54 Å². The molecular formula is C15H26N2O3S. The maximum Gasteiger partial charge on any atom is 0.244 e. The number of sulfonamides is 1. The van der Waals surface area contributed by atoms with Crippen LogP contribution in [0.5, 0.6) is 0 Å². The van der Waals surface area contributed by atoms with Crippen molar-refractivity contribution in [3.05, 3.63) is 17.1 Å². The summed E-state index contributed by atoms with van der Waals surface area (Å²) < 4.78 is 33.6. The highest BCUT2D eigenvalue weighted by molar-refractivity contribution is 7.89. The second-order valence-electron chi connectivity index (χ2n) is 5.83. The van der Waals surface area contributed by atoms with Gasteiger partial charge in [0, 0.05) is 18.2 Å². The SMILES string of the molecule is CCCNCc1c(C)oc(C)c1S(=O)(=O)NC1CC1CC. The number of aryl methyl sites for hydroxylation is 2. The van der Waals surface area contributed by atoms with Crippen LogP contribution in [0.2, 0.25) is 0 Å². The summed E-state index contributed by atoms with van der Waals surface area (Å²) in [5.74, 6) is 1.64. The molecule has 0 aliphatic heterocycles. The Bertz CT molecular complexity index is 592. The third-order valence-electron chi connectivity index (χ3n) is 4.08. The lowest BCUT2D eigenvalue weighted by Gasteiger charge is -2.09. The first kappa shape index (κ1) is 16.5. The molecule has 2 rings (SSSR count). The third-order valence-corrected chi connectivity index (χ3v) is 5.76. The van der Waals surface area contributed by atoms with Gasteiger partial charge in [0.1, 0.15) is 16.4 Å². The minimum absolute atomic E-state index is 0.0889. The molecule has 1 aliphatic carbocycles. The van der Waals surface area contributed by atoms with Gasteiger partial charge in [0.2, 0.25) is 10.0 Å². The molecular weight excluding hydrogens is 288 g/mol. The van der Waals surface area contributed by atoms with Crippen LogP contribution in [-0.2, 0) is 16.6 Å². The summed E-state index contributed by atoms with van der Waals surface area (Å²) in [6.07, 6.45) is 2.97. The quantitative estimate of drug-likeness (QED) is 0.723. The zero-order valence-electron chi connectivity index (χ0n) is 13.3. The van der Waals surface area contributed by atoms with E-state index in [9.17, 15) is 8.42 Å². The summed E-state index contributed by atoms with van der Waals surface area (Å²) in [6, 6.07) is 0.0889. The lowest BCUT2D eigenvalue weighted by atomic mass is 10.2. The Morgan fingerprint density at radius 3 is 2.52 bits per heavy atom. The van der Waals surface area contributed by atoms with Crippen molar-refractivity contribution in [1.82, 2.24) is 10.0 Å². The van der Waals surface area contributed by atoms with Crippen LogP contribution >= 0.6 is 0 Å². The molecule has 1 aromatic heterocycles. The van der Waals surface area contributed by atoms with Crippen molar-refractivity contribution >= 4 is 10.0 Å². The van der Waals surface area contributed by atoms with Gasteiger partial charge in [-0.1, -0.05) is 20.3 Å². The average Bonchev–Trinajstić information content (AvgIpc) is 3.07. The van der Waals surface area contributed by atoms with E-state index in [4.69, 9.17) is 4.42 Å². The van der Waals surface area contributed by atoms with Crippen molar-refractivity contribution in [1.29, 1.82) is 0 Å². The highest BCUT2D eigenvalue weighted by atomic mass is 32.2. The van der Waals surface area contributed by atoms with Gasteiger partial charge >= 0.3 is 0 Å². The topological polar surface area (TPSA) is 71.3 Å². The first-order valence-corrected chi connectivity index (χ1v) is 9.20. The molecule has 1 aliphatic rings. The number of rotatable bonds is 8. The number of hydrogen-bond acceptors (Lipinski definition) is 4. The van der Waals surface area contributed by atoms with E-state index in [1.54, 1.807) is 6.92 Å². The van der Waals surface area contributed by atoms with Gasteiger partial charge in [0.05, 0.1) is 0 Å². The summed E-state index contributed by atoms with van der Waals surface area (Å²) >= 11 is 0. The van der Waals surface area contributed by atoms with Crippen molar-refractivity contribution in [2.45, 2.75) is 64.4 Å². The maximum atomic E-state index is 12.6. The molecule has 0 bridgehead atoms. The van der Waals surface area contributed by atoms with E-state index in [0.29, 0.717) is 28.9 Å². The second kappa shape index (κ2) is 6.50. The van der Waals surface area contributed by atoms with Crippen LogP contribution < -0.4 is 10.0 Å². The lowest BCUT2D eigenvalue weighted by molar-refractivity contribution is 0.492. The zero-order valence-corrected chi connectivity index (χ0v) is 14.1. The Balaban J connectivity index is 2.21. The molecule has 1 aromatic rings. The van der Waals surface area contributed by atoms with Gasteiger partial charge in [-0.2, -0.15) is 0 Å². The largest absolute Gasteiger partial charge is 0.465 e. The van der Waals surface area contributed by atoms with Crippen molar-refractivity contribution in [3.63, 3.8) is 0 Å². The minimum atomic E-state index is -3.50. The molecule has 2 atom stereocenters. The van der Waals surface area contributed by atoms with Crippen LogP contribution in [0.3, 0.4) is 0 Å². The molecule has 2 N–H and O–H groups in total. The number of furan rings is 1. The Morgan fingerprint density at radius 1 is 1.24 bits per heavy atom. The van der Waals surface area contributed by atoms with Crippen LogP contribution in [0, 0.1) is 19.8 Å². The first-order valence-electron chi connectivity index (χ1n) is 7.72.